The number of benzene rings is 3. The molecular formula is C38H44N4O3S. The Morgan fingerprint density at radius 2 is 1.61 bits per heavy atom. The SMILES string of the molecule is CN(C(=O)C=CCC1(N)CCC1)[C@H](Cc1ccc2ccccc2c1)C(=O)N(C)[C@H](Cc1cccs1)C(=O)NCCc1ccccc1. The molecule has 3 N–H and O–H groups in total. The van der Waals surface area contributed by atoms with E-state index in [-0.39, 0.29) is 23.3 Å². The van der Waals surface area contributed by atoms with Crippen molar-refractivity contribution in [3.05, 3.63) is 118 Å². The van der Waals surface area contributed by atoms with Crippen LogP contribution in [0.25, 0.3) is 10.8 Å². The number of carbonyl (C=O) groups is 3. The lowest BCUT2D eigenvalue weighted by molar-refractivity contribution is -0.146. The molecule has 0 bridgehead atoms. The van der Waals surface area contributed by atoms with Gasteiger partial charge in [0, 0.05) is 43.9 Å². The van der Waals surface area contributed by atoms with Gasteiger partial charge in [-0.3, -0.25) is 14.4 Å². The number of amides is 3. The predicted molar refractivity (Wildman–Crippen MR) is 186 cm³/mol. The van der Waals surface area contributed by atoms with Gasteiger partial charge in [0.2, 0.25) is 17.7 Å². The molecular weight excluding hydrogens is 593 g/mol. The second kappa shape index (κ2) is 15.3. The smallest absolute Gasteiger partial charge is 0.246 e. The average Bonchev–Trinajstić information content (AvgIpc) is 3.58. The van der Waals surface area contributed by atoms with Gasteiger partial charge in [-0.05, 0) is 71.5 Å². The number of hydrogen-bond acceptors (Lipinski definition) is 5. The number of nitrogens with zero attached hydrogens (tertiary/aromatic N) is 2. The van der Waals surface area contributed by atoms with E-state index in [2.05, 4.69) is 11.4 Å². The Morgan fingerprint density at radius 1 is 0.870 bits per heavy atom. The van der Waals surface area contributed by atoms with Gasteiger partial charge < -0.3 is 20.9 Å². The second-order valence-corrected chi connectivity index (χ2v) is 13.5. The summed E-state index contributed by atoms with van der Waals surface area (Å²) in [6, 6.07) is 26.5. The zero-order chi connectivity index (χ0) is 32.5. The minimum absolute atomic E-state index is 0.216. The Bertz CT molecular complexity index is 1650. The summed E-state index contributed by atoms with van der Waals surface area (Å²) in [7, 11) is 3.34. The molecule has 1 aliphatic carbocycles. The number of rotatable bonds is 14. The first kappa shape index (κ1) is 33.1. The minimum atomic E-state index is -0.818. The summed E-state index contributed by atoms with van der Waals surface area (Å²) < 4.78 is 0. The molecule has 0 saturated heterocycles. The first-order valence-electron chi connectivity index (χ1n) is 16.0. The van der Waals surface area contributed by atoms with Crippen molar-refractivity contribution < 1.29 is 14.4 Å². The van der Waals surface area contributed by atoms with E-state index in [0.717, 1.165) is 46.0 Å². The standard InChI is InChI=1S/C38H44N4O3S/c1-41(35(43)16-8-20-38(39)21-10-22-38)34(26-29-17-18-30-13-6-7-14-31(30)25-29)37(45)42(2)33(27-32-15-9-24-46-32)36(44)40-23-19-28-11-4-3-5-12-28/h3-9,11-18,24-25,33-34H,10,19-23,26-27,39H2,1-2H3,(H,40,44)/t33-,34-/m1/s1. The number of thiophene rings is 1. The lowest BCUT2D eigenvalue weighted by Crippen LogP contribution is -2.56. The zero-order valence-corrected chi connectivity index (χ0v) is 27.5. The molecule has 240 valence electrons. The summed E-state index contributed by atoms with van der Waals surface area (Å²) in [4.78, 5) is 45.7. The van der Waals surface area contributed by atoms with Crippen LogP contribution in [0.1, 0.15) is 41.7 Å². The van der Waals surface area contributed by atoms with Crippen LogP contribution in [0.15, 0.2) is 102 Å². The van der Waals surface area contributed by atoms with Crippen molar-refractivity contribution in [3.8, 4) is 0 Å². The Balaban J connectivity index is 1.37. The topological polar surface area (TPSA) is 95.7 Å². The molecule has 1 aliphatic rings. The Labute approximate surface area is 276 Å². The van der Waals surface area contributed by atoms with Gasteiger partial charge in [-0.1, -0.05) is 84.9 Å². The fourth-order valence-corrected chi connectivity index (χ4v) is 6.73. The molecule has 0 radical (unpaired) electrons. The number of fused-ring (bicyclic) bond motifs is 1. The number of hydrogen-bond donors (Lipinski definition) is 2. The maximum absolute atomic E-state index is 14.4. The predicted octanol–water partition coefficient (Wildman–Crippen LogP) is 5.53. The monoisotopic (exact) mass is 636 g/mol. The van der Waals surface area contributed by atoms with Gasteiger partial charge in [0.25, 0.3) is 0 Å². The van der Waals surface area contributed by atoms with Crippen LogP contribution in [0.4, 0.5) is 0 Å². The van der Waals surface area contributed by atoms with Crippen LogP contribution in [0, 0.1) is 0 Å². The summed E-state index contributed by atoms with van der Waals surface area (Å²) in [6.45, 7) is 0.457. The van der Waals surface area contributed by atoms with Crippen molar-refractivity contribution in [2.24, 2.45) is 5.73 Å². The summed E-state index contributed by atoms with van der Waals surface area (Å²) >= 11 is 1.56. The van der Waals surface area contributed by atoms with Crippen LogP contribution < -0.4 is 11.1 Å². The molecule has 3 amide bonds. The number of nitrogens with one attached hydrogen (secondary N) is 1. The van der Waals surface area contributed by atoms with Gasteiger partial charge in [-0.2, -0.15) is 0 Å². The van der Waals surface area contributed by atoms with E-state index in [1.54, 1.807) is 25.4 Å². The molecule has 4 aromatic rings. The molecule has 46 heavy (non-hydrogen) atoms. The lowest BCUT2D eigenvalue weighted by Gasteiger charge is -2.37. The lowest BCUT2D eigenvalue weighted by atomic mass is 9.75. The van der Waals surface area contributed by atoms with Crippen LogP contribution in [0.3, 0.4) is 0 Å². The zero-order valence-electron chi connectivity index (χ0n) is 26.7. The first-order chi connectivity index (χ1) is 22.2. The van der Waals surface area contributed by atoms with E-state index in [4.69, 9.17) is 5.73 Å². The third-order valence-electron chi connectivity index (χ3n) is 9.13. The highest BCUT2D eigenvalue weighted by Gasteiger charge is 2.35. The largest absolute Gasteiger partial charge is 0.354 e. The molecule has 8 heteroatoms. The van der Waals surface area contributed by atoms with E-state index in [1.165, 1.54) is 15.9 Å². The third kappa shape index (κ3) is 8.50. The molecule has 0 spiro atoms. The average molecular weight is 637 g/mol. The van der Waals surface area contributed by atoms with E-state index >= 15 is 0 Å². The highest BCUT2D eigenvalue weighted by molar-refractivity contribution is 7.09. The number of nitrogens with two attached hydrogens (primary N) is 1. The summed E-state index contributed by atoms with van der Waals surface area (Å²) in [6.07, 6.45) is 8.40. The maximum atomic E-state index is 14.4. The fraction of sp³-hybridized carbons (Fsp3) is 0.342. The van der Waals surface area contributed by atoms with Crippen molar-refractivity contribution in [1.82, 2.24) is 15.1 Å². The first-order valence-corrected chi connectivity index (χ1v) is 16.9. The molecule has 5 rings (SSSR count). The molecule has 2 atom stereocenters. The van der Waals surface area contributed by atoms with Gasteiger partial charge >= 0.3 is 0 Å². The van der Waals surface area contributed by atoms with E-state index in [9.17, 15) is 14.4 Å². The minimum Gasteiger partial charge on any atom is -0.354 e. The van der Waals surface area contributed by atoms with E-state index < -0.39 is 12.1 Å². The van der Waals surface area contributed by atoms with Crippen LogP contribution >= 0.6 is 11.3 Å². The molecule has 1 saturated carbocycles. The van der Waals surface area contributed by atoms with Gasteiger partial charge in [-0.25, -0.2) is 0 Å². The normalized spacial score (nSPS) is 15.2. The van der Waals surface area contributed by atoms with Crippen LogP contribution in [0.2, 0.25) is 0 Å². The fourth-order valence-electron chi connectivity index (χ4n) is 5.99. The van der Waals surface area contributed by atoms with E-state index in [0.29, 0.717) is 32.2 Å². The van der Waals surface area contributed by atoms with Gasteiger partial charge in [0.1, 0.15) is 12.1 Å². The molecule has 0 aliphatic heterocycles. The van der Waals surface area contributed by atoms with E-state index in [1.807, 2.05) is 90.3 Å². The summed E-state index contributed by atoms with van der Waals surface area (Å²) in [5.41, 5.74) is 8.20. The van der Waals surface area contributed by atoms with Crippen molar-refractivity contribution in [3.63, 3.8) is 0 Å². The molecule has 1 fully saturated rings. The van der Waals surface area contributed by atoms with Crippen LogP contribution in [0.5, 0.6) is 0 Å². The van der Waals surface area contributed by atoms with Gasteiger partial charge in [-0.15, -0.1) is 11.3 Å². The highest BCUT2D eigenvalue weighted by atomic mass is 32.1. The Kier molecular flexibility index (Phi) is 11.0. The third-order valence-corrected chi connectivity index (χ3v) is 10.0. The van der Waals surface area contributed by atoms with Crippen LogP contribution in [-0.4, -0.2) is 65.8 Å². The van der Waals surface area contributed by atoms with Crippen molar-refractivity contribution in [2.75, 3.05) is 20.6 Å². The molecule has 0 unspecified atom stereocenters. The molecule has 1 heterocycles. The maximum Gasteiger partial charge on any atom is 0.246 e. The van der Waals surface area contributed by atoms with Crippen molar-refractivity contribution in [1.29, 1.82) is 0 Å². The quantitative estimate of drug-likeness (QED) is 0.178. The van der Waals surface area contributed by atoms with Gasteiger partial charge in [0.15, 0.2) is 0 Å². The van der Waals surface area contributed by atoms with Crippen LogP contribution in [-0.2, 0) is 33.6 Å². The van der Waals surface area contributed by atoms with Crippen molar-refractivity contribution >= 4 is 39.8 Å². The second-order valence-electron chi connectivity index (χ2n) is 12.4. The number of carbonyl (C=O) groups excluding carboxylic acids is 3. The molecule has 7 nitrogen and oxygen atoms in total. The molecule has 3 aromatic carbocycles. The summed E-state index contributed by atoms with van der Waals surface area (Å²) in [5.74, 6) is -0.767. The number of likely N-dealkylation sites (N-methyl/N-ethyl adjacent to an activating group) is 2. The highest BCUT2D eigenvalue weighted by Crippen LogP contribution is 2.32. The Hall–Kier alpha value is -4.27. The molecule has 1 aromatic heterocycles. The van der Waals surface area contributed by atoms with Crippen molar-refractivity contribution in [2.45, 2.75) is 62.6 Å². The Morgan fingerprint density at radius 3 is 2.30 bits per heavy atom. The van der Waals surface area contributed by atoms with Gasteiger partial charge in [0.05, 0.1) is 0 Å². The summed E-state index contributed by atoms with van der Waals surface area (Å²) in [5, 5.41) is 7.20.